The first-order valence-electron chi connectivity index (χ1n) is 6.39. The van der Waals surface area contributed by atoms with Gasteiger partial charge in [0.15, 0.2) is 4.77 Å². The summed E-state index contributed by atoms with van der Waals surface area (Å²) in [5, 5.41) is 0. The maximum absolute atomic E-state index is 5.66. The third kappa shape index (κ3) is 2.99. The van der Waals surface area contributed by atoms with E-state index >= 15 is 0 Å². The molecule has 1 N–H and O–H groups in total. The van der Waals surface area contributed by atoms with Crippen molar-refractivity contribution in [3.8, 4) is 0 Å². The summed E-state index contributed by atoms with van der Waals surface area (Å²) in [5.41, 5.74) is 1.41. The van der Waals surface area contributed by atoms with Gasteiger partial charge in [-0.2, -0.15) is 0 Å². The zero-order valence-corrected chi connectivity index (χ0v) is 11.8. The Morgan fingerprint density at radius 1 is 1.53 bits per heavy atom. The molecule has 1 saturated heterocycles. The molecule has 17 heavy (non-hydrogen) atoms. The van der Waals surface area contributed by atoms with Gasteiger partial charge in [-0.3, -0.25) is 0 Å². The number of hydrogen-bond acceptors (Lipinski definition) is 2. The van der Waals surface area contributed by atoms with Crippen LogP contribution in [-0.2, 0) is 16.7 Å². The molecule has 4 heteroatoms. The summed E-state index contributed by atoms with van der Waals surface area (Å²) >= 11 is 5.35. The molecule has 1 unspecified atom stereocenters. The van der Waals surface area contributed by atoms with E-state index in [4.69, 9.17) is 17.0 Å². The second-order valence-electron chi connectivity index (χ2n) is 5.80. The van der Waals surface area contributed by atoms with Crippen LogP contribution in [0.25, 0.3) is 0 Å². The summed E-state index contributed by atoms with van der Waals surface area (Å²) in [6.45, 7) is 8.53. The predicted octanol–water partition coefficient (Wildman–Crippen LogP) is 3.41. The van der Waals surface area contributed by atoms with E-state index in [0.717, 1.165) is 24.3 Å². The van der Waals surface area contributed by atoms with Crippen LogP contribution in [0, 0.1) is 4.77 Å². The van der Waals surface area contributed by atoms with E-state index in [1.54, 1.807) is 0 Å². The second kappa shape index (κ2) is 4.94. The van der Waals surface area contributed by atoms with Crippen molar-refractivity contribution in [1.29, 1.82) is 0 Å². The monoisotopic (exact) mass is 254 g/mol. The minimum Gasteiger partial charge on any atom is -0.378 e. The Morgan fingerprint density at radius 2 is 2.29 bits per heavy atom. The minimum absolute atomic E-state index is 0.129. The van der Waals surface area contributed by atoms with Gasteiger partial charge >= 0.3 is 0 Å². The Bertz CT molecular complexity index is 421. The molecule has 1 aromatic heterocycles. The lowest BCUT2D eigenvalue weighted by Gasteiger charge is -2.21. The molecular weight excluding hydrogens is 232 g/mol. The number of aromatic amines is 1. The zero-order valence-electron chi connectivity index (χ0n) is 11.0. The van der Waals surface area contributed by atoms with Crippen molar-refractivity contribution >= 4 is 12.2 Å². The number of imidazole rings is 1. The van der Waals surface area contributed by atoms with Crippen molar-refractivity contribution < 1.29 is 4.74 Å². The molecule has 0 aromatic carbocycles. The fraction of sp³-hybridized carbons (Fsp3) is 0.769. The number of nitrogens with one attached hydrogen (secondary N) is 1. The van der Waals surface area contributed by atoms with Crippen molar-refractivity contribution in [2.24, 2.45) is 0 Å². The summed E-state index contributed by atoms with van der Waals surface area (Å²) in [6, 6.07) is 0. The highest BCUT2D eigenvalue weighted by Gasteiger charge is 2.21. The van der Waals surface area contributed by atoms with Gasteiger partial charge in [0.1, 0.15) is 0 Å². The third-order valence-corrected chi connectivity index (χ3v) is 3.67. The van der Waals surface area contributed by atoms with Crippen LogP contribution >= 0.6 is 12.2 Å². The average Bonchev–Trinajstić information content (AvgIpc) is 2.83. The summed E-state index contributed by atoms with van der Waals surface area (Å²) in [6.07, 6.45) is 5.94. The number of aromatic nitrogens is 2. The molecule has 0 aliphatic carbocycles. The molecule has 96 valence electrons. The highest BCUT2D eigenvalue weighted by molar-refractivity contribution is 7.71. The van der Waals surface area contributed by atoms with Crippen LogP contribution in [0.2, 0.25) is 0 Å². The van der Waals surface area contributed by atoms with Gasteiger partial charge in [0.25, 0.3) is 0 Å². The molecule has 0 spiro atoms. The predicted molar refractivity (Wildman–Crippen MR) is 71.9 cm³/mol. The van der Waals surface area contributed by atoms with Gasteiger partial charge in [0.05, 0.1) is 6.10 Å². The van der Waals surface area contributed by atoms with Crippen molar-refractivity contribution in [3.63, 3.8) is 0 Å². The first-order chi connectivity index (χ1) is 7.98. The maximum Gasteiger partial charge on any atom is 0.177 e. The topological polar surface area (TPSA) is 29.9 Å². The van der Waals surface area contributed by atoms with E-state index < -0.39 is 0 Å². The Kier molecular flexibility index (Phi) is 3.73. The Hall–Kier alpha value is -0.610. The van der Waals surface area contributed by atoms with Crippen molar-refractivity contribution in [2.45, 2.75) is 58.1 Å². The minimum atomic E-state index is 0.129. The second-order valence-corrected chi connectivity index (χ2v) is 6.19. The van der Waals surface area contributed by atoms with E-state index in [1.807, 2.05) is 6.20 Å². The normalized spacial score (nSPS) is 21.0. The van der Waals surface area contributed by atoms with Crippen LogP contribution in [0.3, 0.4) is 0 Å². The molecule has 0 radical (unpaired) electrons. The summed E-state index contributed by atoms with van der Waals surface area (Å²) < 4.78 is 8.71. The van der Waals surface area contributed by atoms with Crippen LogP contribution in [0.4, 0.5) is 0 Å². The molecule has 1 fully saturated rings. The van der Waals surface area contributed by atoms with Gasteiger partial charge in [0, 0.05) is 30.5 Å². The van der Waals surface area contributed by atoms with E-state index in [9.17, 15) is 0 Å². The number of ether oxygens (including phenoxy) is 1. The summed E-state index contributed by atoms with van der Waals surface area (Å²) in [5.74, 6) is 0. The number of hydrogen-bond donors (Lipinski definition) is 1. The molecule has 2 rings (SSSR count). The highest BCUT2D eigenvalue weighted by atomic mass is 32.1. The van der Waals surface area contributed by atoms with Gasteiger partial charge in [-0.25, -0.2) is 0 Å². The van der Waals surface area contributed by atoms with Gasteiger partial charge in [0.2, 0.25) is 0 Å². The summed E-state index contributed by atoms with van der Waals surface area (Å²) in [4.78, 5) is 3.16. The van der Waals surface area contributed by atoms with E-state index in [0.29, 0.717) is 6.10 Å². The van der Waals surface area contributed by atoms with Gasteiger partial charge in [-0.1, -0.05) is 20.8 Å². The first-order valence-corrected chi connectivity index (χ1v) is 6.79. The number of H-pyrrole nitrogens is 1. The number of nitrogens with zero attached hydrogens (tertiary/aromatic N) is 1. The molecular formula is C13H22N2OS. The maximum atomic E-state index is 5.66. The molecule has 0 amide bonds. The summed E-state index contributed by atoms with van der Waals surface area (Å²) in [7, 11) is 0. The standard InChI is InChI=1S/C13H22N2OS/c1-13(2,3)11-9-14-12(17)15(11)7-6-10-5-4-8-16-10/h9-10H,4-8H2,1-3H3,(H,14,17). The van der Waals surface area contributed by atoms with Crippen LogP contribution < -0.4 is 0 Å². The molecule has 1 aliphatic heterocycles. The largest absolute Gasteiger partial charge is 0.378 e. The van der Waals surface area contributed by atoms with Gasteiger partial charge in [-0.15, -0.1) is 0 Å². The zero-order chi connectivity index (χ0) is 12.5. The van der Waals surface area contributed by atoms with Crippen LogP contribution in [0.1, 0.15) is 45.7 Å². The lowest BCUT2D eigenvalue weighted by molar-refractivity contribution is 0.0998. The smallest absolute Gasteiger partial charge is 0.177 e. The van der Waals surface area contributed by atoms with Crippen molar-refractivity contribution in [2.75, 3.05) is 6.61 Å². The first kappa shape index (κ1) is 12.8. The van der Waals surface area contributed by atoms with E-state index in [1.165, 1.54) is 18.5 Å². The lowest BCUT2D eigenvalue weighted by Crippen LogP contribution is -2.19. The molecule has 1 atom stereocenters. The van der Waals surface area contributed by atoms with Crippen LogP contribution in [0.5, 0.6) is 0 Å². The molecule has 1 aromatic rings. The average molecular weight is 254 g/mol. The Morgan fingerprint density at radius 3 is 2.88 bits per heavy atom. The quantitative estimate of drug-likeness (QED) is 0.838. The van der Waals surface area contributed by atoms with E-state index in [2.05, 4.69) is 30.3 Å². The highest BCUT2D eigenvalue weighted by Crippen LogP contribution is 2.23. The molecule has 0 bridgehead atoms. The lowest BCUT2D eigenvalue weighted by atomic mass is 9.92. The fourth-order valence-electron chi connectivity index (χ4n) is 2.38. The Labute approximate surface area is 108 Å². The third-order valence-electron chi connectivity index (χ3n) is 3.34. The Balaban J connectivity index is 2.09. The molecule has 3 nitrogen and oxygen atoms in total. The van der Waals surface area contributed by atoms with Gasteiger partial charge in [-0.05, 0) is 31.5 Å². The van der Waals surface area contributed by atoms with E-state index in [-0.39, 0.29) is 5.41 Å². The van der Waals surface area contributed by atoms with Crippen LogP contribution in [-0.4, -0.2) is 22.3 Å². The van der Waals surface area contributed by atoms with Crippen molar-refractivity contribution in [3.05, 3.63) is 16.7 Å². The molecule has 1 aliphatic rings. The molecule has 2 heterocycles. The molecule has 0 saturated carbocycles. The van der Waals surface area contributed by atoms with Gasteiger partial charge < -0.3 is 14.3 Å². The van der Waals surface area contributed by atoms with Crippen LogP contribution in [0.15, 0.2) is 6.20 Å². The fourth-order valence-corrected chi connectivity index (χ4v) is 2.63. The number of rotatable bonds is 3. The van der Waals surface area contributed by atoms with Crippen molar-refractivity contribution in [1.82, 2.24) is 9.55 Å². The SMILES string of the molecule is CC(C)(C)c1c[nH]c(=S)n1CCC1CCCO1.